The number of hydrogen-bond acceptors (Lipinski definition) is 3. The van der Waals surface area contributed by atoms with Crippen LogP contribution in [-0.4, -0.2) is 37.6 Å². The summed E-state index contributed by atoms with van der Waals surface area (Å²) in [5, 5.41) is 9.14. The molecule has 0 saturated carbocycles. The Morgan fingerprint density at radius 3 is 2.80 bits per heavy atom. The Bertz CT molecular complexity index is 561. The van der Waals surface area contributed by atoms with Crippen molar-refractivity contribution in [2.75, 3.05) is 26.8 Å². The number of carbonyl (C=O) groups is 1. The van der Waals surface area contributed by atoms with Gasteiger partial charge in [-0.2, -0.15) is 5.26 Å². The number of rotatable bonds is 4. The van der Waals surface area contributed by atoms with Crippen LogP contribution >= 0.6 is 15.9 Å². The van der Waals surface area contributed by atoms with Gasteiger partial charge in [-0.3, -0.25) is 4.79 Å². The van der Waals surface area contributed by atoms with Gasteiger partial charge in [0.15, 0.2) is 5.41 Å². The molecule has 1 heterocycles. The summed E-state index contributed by atoms with van der Waals surface area (Å²) in [4.78, 5) is 13.9. The minimum Gasteiger partial charge on any atom is -0.377 e. The summed E-state index contributed by atoms with van der Waals surface area (Å²) < 4.78 is 6.06. The molecule has 1 aliphatic heterocycles. The van der Waals surface area contributed by atoms with E-state index in [4.69, 9.17) is 10.00 Å². The molecule has 0 unspecified atom stereocenters. The Kier molecular flexibility index (Phi) is 4.46. The van der Waals surface area contributed by atoms with Crippen LogP contribution in [0.5, 0.6) is 0 Å². The summed E-state index contributed by atoms with van der Waals surface area (Å²) in [5.41, 5.74) is 1.45. The van der Waals surface area contributed by atoms with Gasteiger partial charge in [-0.1, -0.05) is 22.0 Å². The minimum atomic E-state index is -0.957. The lowest BCUT2D eigenvalue weighted by molar-refractivity contribution is -0.159. The van der Waals surface area contributed by atoms with Crippen LogP contribution in [0, 0.1) is 23.7 Å². The second-order valence-corrected chi connectivity index (χ2v) is 6.15. The van der Waals surface area contributed by atoms with Gasteiger partial charge in [0.2, 0.25) is 5.91 Å². The van der Waals surface area contributed by atoms with E-state index in [9.17, 15) is 4.79 Å². The van der Waals surface area contributed by atoms with Crippen LogP contribution in [0.1, 0.15) is 11.1 Å². The number of nitriles is 1. The molecule has 1 saturated heterocycles. The Morgan fingerprint density at radius 1 is 1.55 bits per heavy atom. The lowest BCUT2D eigenvalue weighted by Crippen LogP contribution is -2.53. The lowest BCUT2D eigenvalue weighted by atomic mass is 9.86. The first kappa shape index (κ1) is 15.0. The molecule has 0 radical (unpaired) electrons. The number of benzene rings is 1. The average molecular weight is 337 g/mol. The SMILES string of the molecule is Cc1ccc(Br)cc1CCN(C)C(=O)C1(C#N)COC1. The number of ether oxygens (including phenoxy) is 1. The summed E-state index contributed by atoms with van der Waals surface area (Å²) in [6, 6.07) is 8.22. The van der Waals surface area contributed by atoms with Crippen LogP contribution in [0.3, 0.4) is 0 Å². The zero-order valence-electron chi connectivity index (χ0n) is 11.6. The van der Waals surface area contributed by atoms with Crippen molar-refractivity contribution in [3.63, 3.8) is 0 Å². The van der Waals surface area contributed by atoms with Crippen LogP contribution in [0.4, 0.5) is 0 Å². The highest BCUT2D eigenvalue weighted by molar-refractivity contribution is 9.10. The Hall–Kier alpha value is -1.38. The molecule has 1 aromatic carbocycles. The number of hydrogen-bond donors (Lipinski definition) is 0. The topological polar surface area (TPSA) is 53.3 Å². The smallest absolute Gasteiger partial charge is 0.247 e. The molecule has 0 atom stereocenters. The van der Waals surface area contributed by atoms with Crippen molar-refractivity contribution < 1.29 is 9.53 Å². The molecular formula is C15H17BrN2O2. The van der Waals surface area contributed by atoms with Crippen LogP contribution in [0.25, 0.3) is 0 Å². The number of likely N-dealkylation sites (N-methyl/N-ethyl adjacent to an activating group) is 1. The summed E-state index contributed by atoms with van der Waals surface area (Å²) >= 11 is 3.46. The van der Waals surface area contributed by atoms with E-state index in [1.807, 2.05) is 6.07 Å². The molecule has 0 N–H and O–H groups in total. The fraction of sp³-hybridized carbons (Fsp3) is 0.467. The van der Waals surface area contributed by atoms with Crippen LogP contribution in [0.15, 0.2) is 22.7 Å². The number of carbonyl (C=O) groups excluding carboxylic acids is 1. The highest BCUT2D eigenvalue weighted by atomic mass is 79.9. The van der Waals surface area contributed by atoms with E-state index in [0.717, 1.165) is 10.9 Å². The molecule has 0 spiro atoms. The van der Waals surface area contributed by atoms with Crippen molar-refractivity contribution in [1.82, 2.24) is 4.90 Å². The zero-order valence-corrected chi connectivity index (χ0v) is 13.2. The molecule has 4 nitrogen and oxygen atoms in total. The molecule has 0 aliphatic carbocycles. The van der Waals surface area contributed by atoms with Gasteiger partial charge >= 0.3 is 0 Å². The molecule has 2 rings (SSSR count). The van der Waals surface area contributed by atoms with Gasteiger partial charge in [-0.05, 0) is 36.6 Å². The fourth-order valence-corrected chi connectivity index (χ4v) is 2.61. The number of nitrogens with zero attached hydrogens (tertiary/aromatic N) is 2. The molecule has 1 aliphatic rings. The second kappa shape index (κ2) is 5.94. The van der Waals surface area contributed by atoms with Gasteiger partial charge in [-0.25, -0.2) is 0 Å². The molecule has 106 valence electrons. The van der Waals surface area contributed by atoms with Gasteiger partial charge in [-0.15, -0.1) is 0 Å². The van der Waals surface area contributed by atoms with E-state index >= 15 is 0 Å². The van der Waals surface area contributed by atoms with Gasteiger partial charge in [0.25, 0.3) is 0 Å². The predicted molar refractivity (Wildman–Crippen MR) is 79.1 cm³/mol. The first-order valence-corrected chi connectivity index (χ1v) is 7.27. The third kappa shape index (κ3) is 2.87. The van der Waals surface area contributed by atoms with E-state index in [-0.39, 0.29) is 19.1 Å². The van der Waals surface area contributed by atoms with Crippen molar-refractivity contribution >= 4 is 21.8 Å². The van der Waals surface area contributed by atoms with Gasteiger partial charge < -0.3 is 9.64 Å². The average Bonchev–Trinajstić information content (AvgIpc) is 2.38. The summed E-state index contributed by atoms with van der Waals surface area (Å²) in [6.45, 7) is 3.07. The predicted octanol–water partition coefficient (Wildman–Crippen LogP) is 2.30. The van der Waals surface area contributed by atoms with E-state index in [0.29, 0.717) is 6.54 Å². The third-order valence-corrected chi connectivity index (χ3v) is 4.19. The monoisotopic (exact) mass is 336 g/mol. The summed E-state index contributed by atoms with van der Waals surface area (Å²) in [5.74, 6) is -0.140. The second-order valence-electron chi connectivity index (χ2n) is 5.23. The van der Waals surface area contributed by atoms with E-state index in [2.05, 4.69) is 41.1 Å². The standard InChI is InChI=1S/C15H17BrN2O2/c1-11-3-4-13(16)7-12(11)5-6-18(2)14(19)15(8-17)9-20-10-15/h3-4,7H,5-6,9-10H2,1-2H3. The highest BCUT2D eigenvalue weighted by Gasteiger charge is 2.47. The van der Waals surface area contributed by atoms with Gasteiger partial charge in [0.05, 0.1) is 19.3 Å². The van der Waals surface area contributed by atoms with Crippen LogP contribution in [-0.2, 0) is 16.0 Å². The fourth-order valence-electron chi connectivity index (χ4n) is 2.21. The molecule has 1 amide bonds. The Labute approximate surface area is 127 Å². The molecule has 0 bridgehead atoms. The lowest BCUT2D eigenvalue weighted by Gasteiger charge is -2.36. The Morgan fingerprint density at radius 2 is 2.25 bits per heavy atom. The van der Waals surface area contributed by atoms with E-state index < -0.39 is 5.41 Å². The van der Waals surface area contributed by atoms with Crippen LogP contribution < -0.4 is 0 Å². The third-order valence-electron chi connectivity index (χ3n) is 3.69. The first-order valence-electron chi connectivity index (χ1n) is 6.48. The number of aryl methyl sites for hydroxylation is 1. The van der Waals surface area contributed by atoms with Crippen molar-refractivity contribution in [2.45, 2.75) is 13.3 Å². The summed E-state index contributed by atoms with van der Waals surface area (Å²) in [6.07, 6.45) is 0.774. The molecule has 0 aromatic heterocycles. The molecule has 1 fully saturated rings. The van der Waals surface area contributed by atoms with Crippen molar-refractivity contribution in [3.05, 3.63) is 33.8 Å². The zero-order chi connectivity index (χ0) is 14.8. The van der Waals surface area contributed by atoms with Gasteiger partial charge in [0, 0.05) is 18.1 Å². The maximum Gasteiger partial charge on any atom is 0.247 e. The summed E-state index contributed by atoms with van der Waals surface area (Å²) in [7, 11) is 1.74. The van der Waals surface area contributed by atoms with Crippen molar-refractivity contribution in [3.8, 4) is 6.07 Å². The minimum absolute atomic E-state index is 0.140. The maximum absolute atomic E-state index is 12.3. The normalized spacial score (nSPS) is 16.1. The molecule has 1 aromatic rings. The van der Waals surface area contributed by atoms with E-state index in [1.54, 1.807) is 11.9 Å². The Balaban J connectivity index is 1.99. The largest absolute Gasteiger partial charge is 0.377 e. The number of halogens is 1. The van der Waals surface area contributed by atoms with E-state index in [1.165, 1.54) is 11.1 Å². The number of amides is 1. The van der Waals surface area contributed by atoms with Crippen LogP contribution in [0.2, 0.25) is 0 Å². The van der Waals surface area contributed by atoms with Crippen molar-refractivity contribution in [2.24, 2.45) is 5.41 Å². The molecular weight excluding hydrogens is 320 g/mol. The van der Waals surface area contributed by atoms with Crippen molar-refractivity contribution in [1.29, 1.82) is 5.26 Å². The quantitative estimate of drug-likeness (QED) is 0.847. The first-order chi connectivity index (χ1) is 9.48. The highest BCUT2D eigenvalue weighted by Crippen LogP contribution is 2.28. The molecule has 5 heteroatoms. The maximum atomic E-state index is 12.3. The molecule has 20 heavy (non-hydrogen) atoms. The van der Waals surface area contributed by atoms with Gasteiger partial charge in [0.1, 0.15) is 0 Å².